The number of piperazine rings is 1. The van der Waals surface area contributed by atoms with Gasteiger partial charge in [-0.3, -0.25) is 14.9 Å². The Kier molecular flexibility index (Phi) is 8.76. The van der Waals surface area contributed by atoms with Crippen LogP contribution < -0.4 is 20.3 Å². The predicted molar refractivity (Wildman–Crippen MR) is 153 cm³/mol. The van der Waals surface area contributed by atoms with Crippen molar-refractivity contribution in [2.45, 2.75) is 0 Å². The Balaban J connectivity index is 1.31. The van der Waals surface area contributed by atoms with Crippen molar-refractivity contribution in [3.63, 3.8) is 0 Å². The lowest BCUT2D eigenvalue weighted by Crippen LogP contribution is -2.48. The van der Waals surface area contributed by atoms with Crippen LogP contribution in [0.1, 0.15) is 20.7 Å². The highest BCUT2D eigenvalue weighted by Gasteiger charge is 2.25. The minimum absolute atomic E-state index is 0.103. The number of anilines is 2. The maximum Gasteiger partial charge on any atom is 0.258 e. The molecule has 11 heteroatoms. The number of halogens is 3. The molecule has 7 nitrogen and oxygen atoms in total. The van der Waals surface area contributed by atoms with Crippen LogP contribution in [-0.2, 0) is 0 Å². The molecular weight excluding hydrogens is 555 g/mol. The molecule has 1 fully saturated rings. The van der Waals surface area contributed by atoms with Crippen LogP contribution in [0.5, 0.6) is 5.75 Å². The minimum Gasteiger partial charge on any atom is -0.496 e. The SMILES string of the molecule is COc1ccc(Cl)cc1C(=O)N1CCN(c2ccc(NC(=S)NC(=O)c3ccc(Cl)cc3Cl)cc2)CC1. The van der Waals surface area contributed by atoms with E-state index in [-0.39, 0.29) is 21.6 Å². The number of ether oxygens (including phenoxy) is 1. The van der Waals surface area contributed by atoms with Gasteiger partial charge in [0.15, 0.2) is 5.11 Å². The normalized spacial score (nSPS) is 13.2. The van der Waals surface area contributed by atoms with Crippen molar-refractivity contribution in [2.24, 2.45) is 0 Å². The number of benzene rings is 3. The van der Waals surface area contributed by atoms with Gasteiger partial charge in [0, 0.05) is 47.6 Å². The first-order valence-electron chi connectivity index (χ1n) is 11.3. The van der Waals surface area contributed by atoms with Gasteiger partial charge in [-0.2, -0.15) is 0 Å². The van der Waals surface area contributed by atoms with E-state index in [9.17, 15) is 9.59 Å². The number of thiocarbonyl (C=S) groups is 1. The van der Waals surface area contributed by atoms with Gasteiger partial charge in [0.2, 0.25) is 0 Å². The average Bonchev–Trinajstić information content (AvgIpc) is 2.88. The smallest absolute Gasteiger partial charge is 0.258 e. The number of amides is 2. The molecule has 0 aromatic heterocycles. The molecule has 0 bridgehead atoms. The summed E-state index contributed by atoms with van der Waals surface area (Å²) in [5.74, 6) is -0.0297. The van der Waals surface area contributed by atoms with E-state index in [0.717, 1.165) is 11.4 Å². The molecule has 2 amide bonds. The van der Waals surface area contributed by atoms with Gasteiger partial charge in [-0.1, -0.05) is 34.8 Å². The third kappa shape index (κ3) is 6.64. The van der Waals surface area contributed by atoms with E-state index >= 15 is 0 Å². The van der Waals surface area contributed by atoms with E-state index in [1.54, 1.807) is 29.2 Å². The maximum absolute atomic E-state index is 13.0. The van der Waals surface area contributed by atoms with E-state index in [2.05, 4.69) is 15.5 Å². The highest BCUT2D eigenvalue weighted by atomic mass is 35.5. The summed E-state index contributed by atoms with van der Waals surface area (Å²) in [7, 11) is 1.53. The van der Waals surface area contributed by atoms with E-state index in [1.165, 1.54) is 19.2 Å². The van der Waals surface area contributed by atoms with Crippen LogP contribution in [0.3, 0.4) is 0 Å². The number of methoxy groups -OCH3 is 1. The fourth-order valence-corrected chi connectivity index (χ4v) is 4.82. The second kappa shape index (κ2) is 12.0. The van der Waals surface area contributed by atoms with Crippen LogP contribution in [0.2, 0.25) is 15.1 Å². The van der Waals surface area contributed by atoms with Gasteiger partial charge in [-0.15, -0.1) is 0 Å². The molecule has 1 aliphatic heterocycles. The largest absolute Gasteiger partial charge is 0.496 e. The summed E-state index contributed by atoms with van der Waals surface area (Å²) in [5.41, 5.74) is 2.47. The molecule has 3 aromatic carbocycles. The summed E-state index contributed by atoms with van der Waals surface area (Å²) in [6.45, 7) is 2.49. The zero-order valence-electron chi connectivity index (χ0n) is 19.8. The predicted octanol–water partition coefficient (Wildman–Crippen LogP) is 5.74. The van der Waals surface area contributed by atoms with Crippen LogP contribution in [0.4, 0.5) is 11.4 Å². The lowest BCUT2D eigenvalue weighted by atomic mass is 10.1. The standard InChI is InChI=1S/C26H23Cl3N4O3S/c1-36-23-9-3-16(27)14-21(23)25(35)33-12-10-32(11-13-33)19-6-4-18(5-7-19)30-26(37)31-24(34)20-8-2-17(28)15-22(20)29/h2-9,14-15H,10-13H2,1H3,(H2,30,31,34,37). The van der Waals surface area contributed by atoms with Gasteiger partial charge >= 0.3 is 0 Å². The van der Waals surface area contributed by atoms with Crippen LogP contribution in [-0.4, -0.2) is 55.1 Å². The van der Waals surface area contributed by atoms with Crippen molar-refractivity contribution in [1.29, 1.82) is 0 Å². The highest BCUT2D eigenvalue weighted by molar-refractivity contribution is 7.80. The maximum atomic E-state index is 13.0. The van der Waals surface area contributed by atoms with Gasteiger partial charge in [-0.25, -0.2) is 0 Å². The molecule has 3 aromatic rings. The number of nitrogens with one attached hydrogen (secondary N) is 2. The molecule has 0 unspecified atom stereocenters. The molecule has 37 heavy (non-hydrogen) atoms. The summed E-state index contributed by atoms with van der Waals surface area (Å²) in [5, 5.41) is 6.93. The number of rotatable bonds is 5. The van der Waals surface area contributed by atoms with E-state index in [0.29, 0.717) is 47.5 Å². The van der Waals surface area contributed by atoms with E-state index < -0.39 is 5.91 Å². The molecule has 0 atom stereocenters. The molecular formula is C26H23Cl3N4O3S. The Morgan fingerprint density at radius 3 is 2.16 bits per heavy atom. The zero-order chi connectivity index (χ0) is 26.5. The fourth-order valence-electron chi connectivity index (χ4n) is 3.95. The Bertz CT molecular complexity index is 1330. The van der Waals surface area contributed by atoms with Crippen LogP contribution in [0, 0.1) is 0 Å². The Morgan fingerprint density at radius 2 is 1.51 bits per heavy atom. The lowest BCUT2D eigenvalue weighted by molar-refractivity contribution is 0.0743. The number of hydrogen-bond acceptors (Lipinski definition) is 5. The number of carbonyl (C=O) groups excluding carboxylic acids is 2. The molecule has 0 spiro atoms. The molecule has 2 N–H and O–H groups in total. The summed E-state index contributed by atoms with van der Waals surface area (Å²) in [4.78, 5) is 29.5. The quantitative estimate of drug-likeness (QED) is 0.377. The van der Waals surface area contributed by atoms with Crippen molar-refractivity contribution < 1.29 is 14.3 Å². The molecule has 1 saturated heterocycles. The first kappa shape index (κ1) is 27.0. The monoisotopic (exact) mass is 576 g/mol. The first-order chi connectivity index (χ1) is 17.7. The van der Waals surface area contributed by atoms with Crippen molar-refractivity contribution in [1.82, 2.24) is 10.2 Å². The molecule has 1 heterocycles. The van der Waals surface area contributed by atoms with E-state index in [1.807, 2.05) is 24.3 Å². The Hall–Kier alpha value is -3.04. The van der Waals surface area contributed by atoms with Crippen molar-refractivity contribution in [3.05, 3.63) is 86.9 Å². The topological polar surface area (TPSA) is 73.9 Å². The van der Waals surface area contributed by atoms with Crippen molar-refractivity contribution >= 4 is 75.3 Å². The second-order valence-electron chi connectivity index (χ2n) is 8.20. The van der Waals surface area contributed by atoms with Gasteiger partial charge in [-0.05, 0) is 72.9 Å². The van der Waals surface area contributed by atoms with Gasteiger partial charge < -0.3 is 19.9 Å². The lowest BCUT2D eigenvalue weighted by Gasteiger charge is -2.36. The Morgan fingerprint density at radius 1 is 0.865 bits per heavy atom. The van der Waals surface area contributed by atoms with Crippen molar-refractivity contribution in [3.8, 4) is 5.75 Å². The summed E-state index contributed by atoms with van der Waals surface area (Å²) < 4.78 is 5.33. The van der Waals surface area contributed by atoms with Gasteiger partial charge in [0.05, 0.1) is 23.3 Å². The molecule has 192 valence electrons. The third-order valence-corrected chi connectivity index (χ3v) is 6.84. The zero-order valence-corrected chi connectivity index (χ0v) is 22.8. The molecule has 0 aliphatic carbocycles. The molecule has 1 aliphatic rings. The van der Waals surface area contributed by atoms with Crippen LogP contribution in [0.15, 0.2) is 60.7 Å². The molecule has 0 saturated carbocycles. The van der Waals surface area contributed by atoms with Crippen LogP contribution >= 0.6 is 47.0 Å². The molecule has 4 rings (SSSR count). The van der Waals surface area contributed by atoms with Gasteiger partial charge in [0.25, 0.3) is 11.8 Å². The Labute approximate surface area is 235 Å². The number of hydrogen-bond donors (Lipinski definition) is 2. The number of nitrogens with zero attached hydrogens (tertiary/aromatic N) is 2. The van der Waals surface area contributed by atoms with Crippen LogP contribution in [0.25, 0.3) is 0 Å². The summed E-state index contributed by atoms with van der Waals surface area (Å²) >= 11 is 23.3. The summed E-state index contributed by atoms with van der Waals surface area (Å²) in [6, 6.07) is 17.3. The van der Waals surface area contributed by atoms with E-state index in [4.69, 9.17) is 51.8 Å². The first-order valence-corrected chi connectivity index (χ1v) is 12.8. The van der Waals surface area contributed by atoms with Crippen molar-refractivity contribution in [2.75, 3.05) is 43.5 Å². The highest BCUT2D eigenvalue weighted by Crippen LogP contribution is 2.26. The fraction of sp³-hybridized carbons (Fsp3) is 0.192. The number of carbonyl (C=O) groups is 2. The summed E-state index contributed by atoms with van der Waals surface area (Å²) in [6.07, 6.45) is 0. The molecule has 0 radical (unpaired) electrons. The second-order valence-corrected chi connectivity index (χ2v) is 9.89. The average molecular weight is 578 g/mol. The third-order valence-electron chi connectivity index (χ3n) is 5.85. The minimum atomic E-state index is -0.432. The van der Waals surface area contributed by atoms with Gasteiger partial charge in [0.1, 0.15) is 5.75 Å².